The molecule has 3 heteroatoms. The van der Waals surface area contributed by atoms with Gasteiger partial charge in [0.25, 0.3) is 0 Å². The van der Waals surface area contributed by atoms with Crippen LogP contribution in [0, 0.1) is 0 Å². The summed E-state index contributed by atoms with van der Waals surface area (Å²) in [6.45, 7) is 2.23. The highest BCUT2D eigenvalue weighted by atomic mass is 16.3. The van der Waals surface area contributed by atoms with Gasteiger partial charge in [0.1, 0.15) is 6.23 Å². The highest BCUT2D eigenvalue weighted by molar-refractivity contribution is 5.85. The lowest BCUT2D eigenvalue weighted by Gasteiger charge is -2.15. The number of hydrogen-bond donors (Lipinski definition) is 2. The number of hydrogen-bond acceptors (Lipinski definition) is 3. The molecule has 0 fully saturated rings. The molecule has 1 unspecified atom stereocenters. The van der Waals surface area contributed by atoms with Crippen LogP contribution in [0.4, 0.5) is 0 Å². The molecule has 1 atom stereocenters. The average molecular weight is 447 g/mol. The van der Waals surface area contributed by atoms with Crippen LogP contribution in [-0.2, 0) is 0 Å². The van der Waals surface area contributed by atoms with Gasteiger partial charge in [0.15, 0.2) is 0 Å². The third-order valence-electron chi connectivity index (χ3n) is 6.78. The van der Waals surface area contributed by atoms with Gasteiger partial charge in [0.2, 0.25) is 0 Å². The fraction of sp³-hybridized carbons (Fsp3) is 0.194. The van der Waals surface area contributed by atoms with Crippen molar-refractivity contribution in [1.29, 1.82) is 0 Å². The van der Waals surface area contributed by atoms with Crippen LogP contribution in [0.3, 0.4) is 0 Å². The summed E-state index contributed by atoms with van der Waals surface area (Å²) in [6.07, 6.45) is 7.26. The maximum Gasteiger partial charge on any atom is 0.131 e. The Kier molecular flexibility index (Phi) is 6.39. The maximum absolute atomic E-state index is 10.5. The summed E-state index contributed by atoms with van der Waals surface area (Å²) in [5.41, 5.74) is 10.2. The van der Waals surface area contributed by atoms with Gasteiger partial charge in [-0.15, -0.1) is 0 Å². The second-order valence-electron chi connectivity index (χ2n) is 8.83. The van der Waals surface area contributed by atoms with Crippen LogP contribution in [-0.4, -0.2) is 17.1 Å². The monoisotopic (exact) mass is 446 g/mol. The molecule has 5 rings (SSSR count). The smallest absolute Gasteiger partial charge is 0.131 e. The Morgan fingerprint density at radius 2 is 1.47 bits per heavy atom. The van der Waals surface area contributed by atoms with Crippen molar-refractivity contribution in [3.05, 3.63) is 108 Å². The number of aliphatic hydroxyl groups excluding tert-OH is 1. The van der Waals surface area contributed by atoms with Crippen LogP contribution in [0.15, 0.2) is 96.6 Å². The van der Waals surface area contributed by atoms with E-state index in [1.54, 1.807) is 7.05 Å². The molecule has 1 aliphatic carbocycles. The lowest BCUT2D eigenvalue weighted by Crippen LogP contribution is -2.16. The van der Waals surface area contributed by atoms with Gasteiger partial charge < -0.3 is 5.11 Å². The Bertz CT molecular complexity index is 1370. The first kappa shape index (κ1) is 22.3. The zero-order chi connectivity index (χ0) is 23.5. The van der Waals surface area contributed by atoms with Crippen molar-refractivity contribution in [1.82, 2.24) is 10.3 Å². The standard InChI is InChI=1S/C31H30N2O/c1-3-21-8-10-22(11-9-21)23-12-14-24(15-13-23)25-16-18-26(19-17-25)30-20-28(31(34)32-2)27-6-4-5-7-29(27)33-30/h4-8,10,12-20,31-32,34H,3,9,11H2,1-2H3. The molecule has 0 bridgehead atoms. The van der Waals surface area contributed by atoms with Crippen molar-refractivity contribution in [2.75, 3.05) is 7.05 Å². The highest BCUT2D eigenvalue weighted by Gasteiger charge is 2.13. The zero-order valence-electron chi connectivity index (χ0n) is 19.8. The first-order valence-electron chi connectivity index (χ1n) is 12.0. The normalized spacial score (nSPS) is 14.6. The molecule has 2 N–H and O–H groups in total. The maximum atomic E-state index is 10.5. The van der Waals surface area contributed by atoms with Gasteiger partial charge >= 0.3 is 0 Å². The largest absolute Gasteiger partial charge is 0.374 e. The SMILES string of the molecule is CCC1=CC=C(c2ccc(-c3ccc(-c4cc(C(O)NC)c5ccccc5n4)cc3)cc2)CC1. The molecule has 3 aromatic carbocycles. The number of fused-ring (bicyclic) bond motifs is 1. The average Bonchev–Trinajstić information content (AvgIpc) is 2.92. The van der Waals surface area contributed by atoms with Gasteiger partial charge in [-0.25, -0.2) is 4.98 Å². The number of nitrogens with one attached hydrogen (secondary N) is 1. The summed E-state index contributed by atoms with van der Waals surface area (Å²) in [6, 6.07) is 27.3. The molecule has 0 saturated heterocycles. The van der Waals surface area contributed by atoms with Gasteiger partial charge in [-0.05, 0) is 60.7 Å². The molecule has 0 spiro atoms. The Morgan fingerprint density at radius 3 is 2.09 bits per heavy atom. The Balaban J connectivity index is 1.42. The van der Waals surface area contributed by atoms with E-state index in [1.165, 1.54) is 34.3 Å². The Hall–Kier alpha value is -3.53. The molecular weight excluding hydrogens is 416 g/mol. The number of pyridine rings is 1. The summed E-state index contributed by atoms with van der Waals surface area (Å²) >= 11 is 0. The number of benzene rings is 3. The number of rotatable bonds is 6. The van der Waals surface area contributed by atoms with Crippen LogP contribution in [0.5, 0.6) is 0 Å². The number of para-hydroxylation sites is 1. The molecule has 1 heterocycles. The molecule has 3 nitrogen and oxygen atoms in total. The van der Waals surface area contributed by atoms with E-state index in [9.17, 15) is 5.11 Å². The van der Waals surface area contributed by atoms with Crippen molar-refractivity contribution in [2.45, 2.75) is 32.4 Å². The van der Waals surface area contributed by atoms with E-state index in [1.807, 2.05) is 30.3 Å². The van der Waals surface area contributed by atoms with Gasteiger partial charge in [-0.1, -0.05) is 91.4 Å². The lowest BCUT2D eigenvalue weighted by atomic mass is 9.91. The molecule has 0 amide bonds. The van der Waals surface area contributed by atoms with Crippen LogP contribution in [0.25, 0.3) is 38.9 Å². The third-order valence-corrected chi connectivity index (χ3v) is 6.78. The summed E-state index contributed by atoms with van der Waals surface area (Å²) in [4.78, 5) is 4.85. The fourth-order valence-corrected chi connectivity index (χ4v) is 4.66. The molecule has 34 heavy (non-hydrogen) atoms. The van der Waals surface area contributed by atoms with E-state index in [0.717, 1.165) is 40.6 Å². The van der Waals surface area contributed by atoms with E-state index in [4.69, 9.17) is 4.98 Å². The summed E-state index contributed by atoms with van der Waals surface area (Å²) < 4.78 is 0. The zero-order valence-corrected chi connectivity index (χ0v) is 19.8. The molecule has 0 saturated carbocycles. The van der Waals surface area contributed by atoms with E-state index in [2.05, 4.69) is 72.9 Å². The van der Waals surface area contributed by atoms with E-state index in [-0.39, 0.29) is 0 Å². The van der Waals surface area contributed by atoms with Crippen molar-refractivity contribution < 1.29 is 5.11 Å². The molecule has 170 valence electrons. The molecule has 1 aromatic heterocycles. The Labute approximate surface area is 201 Å². The first-order valence-corrected chi connectivity index (χ1v) is 12.0. The van der Waals surface area contributed by atoms with Gasteiger partial charge in [-0.2, -0.15) is 0 Å². The highest BCUT2D eigenvalue weighted by Crippen LogP contribution is 2.32. The quantitative estimate of drug-likeness (QED) is 0.306. The van der Waals surface area contributed by atoms with Crippen molar-refractivity contribution in [3.8, 4) is 22.4 Å². The summed E-state index contributed by atoms with van der Waals surface area (Å²) in [5.74, 6) is 0. The van der Waals surface area contributed by atoms with E-state index >= 15 is 0 Å². The fourth-order valence-electron chi connectivity index (χ4n) is 4.66. The van der Waals surface area contributed by atoms with Crippen molar-refractivity contribution in [3.63, 3.8) is 0 Å². The van der Waals surface area contributed by atoms with Gasteiger partial charge in [0.05, 0.1) is 11.2 Å². The van der Waals surface area contributed by atoms with Crippen LogP contribution in [0.1, 0.15) is 43.5 Å². The minimum atomic E-state index is -0.743. The topological polar surface area (TPSA) is 45.1 Å². The molecule has 0 radical (unpaired) electrons. The second-order valence-corrected chi connectivity index (χ2v) is 8.83. The lowest BCUT2D eigenvalue weighted by molar-refractivity contribution is 0.151. The predicted octanol–water partition coefficient (Wildman–Crippen LogP) is 7.29. The van der Waals surface area contributed by atoms with Crippen molar-refractivity contribution in [2.24, 2.45) is 0 Å². The number of aromatic nitrogens is 1. The first-order chi connectivity index (χ1) is 16.7. The number of allylic oxidation sites excluding steroid dienone is 4. The minimum absolute atomic E-state index is 0.743. The Morgan fingerprint density at radius 1 is 0.824 bits per heavy atom. The van der Waals surface area contributed by atoms with E-state index in [0.29, 0.717) is 0 Å². The molecule has 4 aromatic rings. The van der Waals surface area contributed by atoms with Crippen molar-refractivity contribution >= 4 is 16.5 Å². The summed E-state index contributed by atoms with van der Waals surface area (Å²) in [7, 11) is 1.75. The number of nitrogens with zero attached hydrogens (tertiary/aromatic N) is 1. The number of aliphatic hydroxyl groups is 1. The molecule has 1 aliphatic rings. The third kappa shape index (κ3) is 4.45. The molecular formula is C31H30N2O. The van der Waals surface area contributed by atoms with Crippen LogP contribution < -0.4 is 5.32 Å². The van der Waals surface area contributed by atoms with Gasteiger partial charge in [-0.3, -0.25) is 5.32 Å². The van der Waals surface area contributed by atoms with Gasteiger partial charge in [0, 0.05) is 16.5 Å². The molecule has 0 aliphatic heterocycles. The summed E-state index contributed by atoms with van der Waals surface area (Å²) in [5, 5.41) is 14.4. The van der Waals surface area contributed by atoms with E-state index < -0.39 is 6.23 Å². The predicted molar refractivity (Wildman–Crippen MR) is 142 cm³/mol. The van der Waals surface area contributed by atoms with Crippen LogP contribution in [0.2, 0.25) is 0 Å². The second kappa shape index (κ2) is 9.76. The minimum Gasteiger partial charge on any atom is -0.374 e. The van der Waals surface area contributed by atoms with Crippen LogP contribution >= 0.6 is 0 Å².